The fourth-order valence-electron chi connectivity index (χ4n) is 5.35. The summed E-state index contributed by atoms with van der Waals surface area (Å²) in [5.41, 5.74) is 8.89. The Bertz CT molecular complexity index is 1370. The molecule has 35 heavy (non-hydrogen) atoms. The van der Waals surface area contributed by atoms with Crippen LogP contribution < -0.4 is 15.8 Å². The molecule has 7 nitrogen and oxygen atoms in total. The molecule has 1 fully saturated rings. The minimum Gasteiger partial charge on any atom is -0.369 e. The highest BCUT2D eigenvalue weighted by Gasteiger charge is 2.23. The Morgan fingerprint density at radius 2 is 1.89 bits per heavy atom. The summed E-state index contributed by atoms with van der Waals surface area (Å²) in [5, 5.41) is 3.59. The van der Waals surface area contributed by atoms with Crippen molar-refractivity contribution in [1.82, 2.24) is 19.4 Å². The molecule has 6 rings (SSSR count). The van der Waals surface area contributed by atoms with Crippen LogP contribution in [0.15, 0.2) is 53.2 Å². The zero-order valence-corrected chi connectivity index (χ0v) is 20.9. The van der Waals surface area contributed by atoms with Gasteiger partial charge in [0, 0.05) is 62.3 Å². The van der Waals surface area contributed by atoms with Gasteiger partial charge in [-0.3, -0.25) is 0 Å². The molecule has 5 aliphatic rings. The Morgan fingerprint density at radius 1 is 1.03 bits per heavy atom. The number of anilines is 2. The van der Waals surface area contributed by atoms with Crippen LogP contribution in [0, 0.1) is 6.92 Å². The third-order valence-corrected chi connectivity index (χ3v) is 7.48. The predicted octanol–water partition coefficient (Wildman–Crippen LogP) is 4.22. The summed E-state index contributed by atoms with van der Waals surface area (Å²) in [5.74, 6) is 2.09. The van der Waals surface area contributed by atoms with Crippen LogP contribution in [0.5, 0.6) is 0 Å². The summed E-state index contributed by atoms with van der Waals surface area (Å²) in [7, 11) is 2.18. The van der Waals surface area contributed by atoms with Crippen molar-refractivity contribution < 1.29 is 0 Å². The van der Waals surface area contributed by atoms with Crippen LogP contribution in [0.3, 0.4) is 0 Å². The molecule has 1 aliphatic carbocycles. The summed E-state index contributed by atoms with van der Waals surface area (Å²) in [6, 6.07) is 8.74. The lowest BCUT2D eigenvalue weighted by Gasteiger charge is -2.34. The number of likely N-dealkylation sites (N-methyl/N-ethyl adjacent to an activating group) is 1. The number of benzene rings is 1. The van der Waals surface area contributed by atoms with Crippen LogP contribution in [0.2, 0.25) is 0 Å². The van der Waals surface area contributed by atoms with Gasteiger partial charge in [-0.1, -0.05) is 17.7 Å². The predicted molar refractivity (Wildman–Crippen MR) is 142 cm³/mol. The fraction of sp³-hybridized carbons (Fsp3) is 0.393. The quantitative estimate of drug-likeness (QED) is 0.625. The number of piperazine rings is 1. The average Bonchev–Trinajstić information content (AvgIpc) is 3.36. The van der Waals surface area contributed by atoms with Crippen molar-refractivity contribution in [2.75, 3.05) is 50.0 Å². The van der Waals surface area contributed by atoms with E-state index in [0.717, 1.165) is 80.6 Å². The van der Waals surface area contributed by atoms with Gasteiger partial charge in [0.1, 0.15) is 11.6 Å². The Balaban J connectivity index is 1.37. The van der Waals surface area contributed by atoms with Crippen molar-refractivity contribution in [3.8, 4) is 11.4 Å². The molecule has 0 atom stereocenters. The number of nitrogens with one attached hydrogen (secondary N) is 1. The van der Waals surface area contributed by atoms with Gasteiger partial charge in [-0.2, -0.15) is 4.98 Å². The van der Waals surface area contributed by atoms with Gasteiger partial charge in [0.15, 0.2) is 0 Å². The number of pyridine rings is 1. The van der Waals surface area contributed by atoms with Gasteiger partial charge in [-0.15, -0.1) is 0 Å². The molecule has 0 radical (unpaired) electrons. The van der Waals surface area contributed by atoms with E-state index < -0.39 is 0 Å². The molecule has 1 aromatic rings. The Hall–Kier alpha value is -3.45. The third kappa shape index (κ3) is 4.14. The molecule has 1 N–H and O–H groups in total. The van der Waals surface area contributed by atoms with E-state index in [9.17, 15) is 0 Å². The van der Waals surface area contributed by atoms with Gasteiger partial charge >= 0.3 is 0 Å². The van der Waals surface area contributed by atoms with E-state index in [-0.39, 0.29) is 0 Å². The first-order chi connectivity index (χ1) is 17.1. The number of rotatable bonds is 3. The maximum absolute atomic E-state index is 4.90. The molecule has 180 valence electrons. The highest BCUT2D eigenvalue weighted by Crippen LogP contribution is 2.37. The maximum atomic E-state index is 4.90. The maximum Gasteiger partial charge on any atom is 0.251 e. The van der Waals surface area contributed by atoms with Crippen molar-refractivity contribution in [2.45, 2.75) is 33.2 Å². The van der Waals surface area contributed by atoms with Crippen molar-refractivity contribution in [3.63, 3.8) is 0 Å². The highest BCUT2D eigenvalue weighted by atomic mass is 15.2. The molecule has 0 saturated carbocycles. The number of aryl methyl sites for hydroxylation is 1. The van der Waals surface area contributed by atoms with Crippen molar-refractivity contribution >= 4 is 22.8 Å². The van der Waals surface area contributed by atoms with Crippen molar-refractivity contribution in [2.24, 2.45) is 4.99 Å². The molecule has 0 spiro atoms. The lowest BCUT2D eigenvalue weighted by Crippen LogP contribution is -2.44. The summed E-state index contributed by atoms with van der Waals surface area (Å²) >= 11 is 0. The van der Waals surface area contributed by atoms with E-state index in [1.807, 2.05) is 6.20 Å². The zero-order valence-electron chi connectivity index (χ0n) is 20.9. The molecule has 1 saturated heterocycles. The fourth-order valence-corrected chi connectivity index (χ4v) is 5.35. The van der Waals surface area contributed by atoms with E-state index in [1.165, 1.54) is 22.4 Å². The Labute approximate surface area is 206 Å². The minimum absolute atomic E-state index is 0.509. The number of nitrogens with zero attached hydrogens (tertiary/aromatic N) is 6. The molecule has 0 aromatic heterocycles. The molecule has 1 aromatic carbocycles. The van der Waals surface area contributed by atoms with Gasteiger partial charge in [0.2, 0.25) is 0 Å². The summed E-state index contributed by atoms with van der Waals surface area (Å²) in [4.78, 5) is 19.2. The average molecular weight is 468 g/mol. The second-order valence-corrected chi connectivity index (χ2v) is 9.94. The number of hydrogen-bond acceptors (Lipinski definition) is 6. The van der Waals surface area contributed by atoms with E-state index in [1.54, 1.807) is 0 Å². The normalized spacial score (nSPS) is 18.9. The molecular weight excluding hydrogens is 434 g/mol. The van der Waals surface area contributed by atoms with E-state index >= 15 is 0 Å². The molecule has 0 unspecified atom stereocenters. The lowest BCUT2D eigenvalue weighted by molar-refractivity contribution is 0.313. The SMILES string of the molecule is CC1=C(c2cc3cnc(=Nc4ccc(N5CCN(C)CC5)cc4C)nc-3n3c2NCC3)C=CCC1. The molecule has 0 amide bonds. The molecule has 7 heteroatoms. The first-order valence-corrected chi connectivity index (χ1v) is 12.7. The van der Waals surface area contributed by atoms with E-state index in [0.29, 0.717) is 5.62 Å². The van der Waals surface area contributed by atoms with Crippen LogP contribution in [-0.2, 0) is 6.54 Å². The van der Waals surface area contributed by atoms with Gasteiger partial charge in [-0.05, 0) is 69.1 Å². The largest absolute Gasteiger partial charge is 0.369 e. The minimum atomic E-state index is 0.509. The van der Waals surface area contributed by atoms with Crippen LogP contribution in [0.4, 0.5) is 17.2 Å². The second-order valence-electron chi connectivity index (χ2n) is 9.94. The molecular formula is C28H33N7. The highest BCUT2D eigenvalue weighted by molar-refractivity contribution is 5.86. The van der Waals surface area contributed by atoms with Crippen LogP contribution in [-0.4, -0.2) is 59.2 Å². The van der Waals surface area contributed by atoms with Crippen LogP contribution in [0.25, 0.3) is 17.0 Å². The van der Waals surface area contributed by atoms with E-state index in [4.69, 9.17) is 9.98 Å². The van der Waals surface area contributed by atoms with Crippen LogP contribution >= 0.6 is 0 Å². The number of allylic oxidation sites excluding steroid dienone is 4. The topological polar surface area (TPSA) is 61.6 Å². The van der Waals surface area contributed by atoms with Gasteiger partial charge in [-0.25, -0.2) is 9.98 Å². The second kappa shape index (κ2) is 8.96. The molecule has 4 heterocycles. The molecule has 4 aliphatic heterocycles. The zero-order chi connectivity index (χ0) is 23.9. The molecule has 0 bridgehead atoms. The first kappa shape index (κ1) is 22.0. The number of hydrogen-bond donors (Lipinski definition) is 1. The monoisotopic (exact) mass is 467 g/mol. The lowest BCUT2D eigenvalue weighted by atomic mass is 9.92. The van der Waals surface area contributed by atoms with Gasteiger partial charge in [0.05, 0.1) is 5.69 Å². The standard InChI is InChI=1S/C28H33N7/c1-19-6-4-5-7-23(19)24-17-21-18-30-28(32-26(21)35-11-10-29-27(24)35)31-25-9-8-22(16-20(25)2)34-14-12-33(3)13-15-34/h5,7-9,16-18,29H,4,6,10-15H2,1-3H3. The Kier molecular flexibility index (Phi) is 5.65. The summed E-state index contributed by atoms with van der Waals surface area (Å²) in [6.07, 6.45) is 8.70. The summed E-state index contributed by atoms with van der Waals surface area (Å²) in [6.45, 7) is 10.5. The van der Waals surface area contributed by atoms with Crippen molar-refractivity contribution in [1.29, 1.82) is 0 Å². The first-order valence-electron chi connectivity index (χ1n) is 12.7. The van der Waals surface area contributed by atoms with E-state index in [2.05, 4.69) is 82.0 Å². The Morgan fingerprint density at radius 3 is 2.69 bits per heavy atom. The van der Waals surface area contributed by atoms with Gasteiger partial charge in [0.25, 0.3) is 5.62 Å². The third-order valence-electron chi connectivity index (χ3n) is 7.48. The van der Waals surface area contributed by atoms with Crippen molar-refractivity contribution in [3.05, 3.63) is 64.9 Å². The number of aromatic nitrogens is 3. The number of fused-ring (bicyclic) bond motifs is 3. The van der Waals surface area contributed by atoms with Gasteiger partial charge < -0.3 is 19.7 Å². The van der Waals surface area contributed by atoms with Crippen LogP contribution in [0.1, 0.15) is 30.9 Å². The summed E-state index contributed by atoms with van der Waals surface area (Å²) < 4.78 is 2.29. The smallest absolute Gasteiger partial charge is 0.251 e.